The number of aryl methyl sites for hydroxylation is 1. The SMILES string of the molecule is CCCCCC1CCC(C(C)c2ccc(-c3ccc(CCC)cc3)c(F)c2F)CC1. The van der Waals surface area contributed by atoms with Gasteiger partial charge in [-0.3, -0.25) is 0 Å². The molecule has 1 fully saturated rings. The smallest absolute Gasteiger partial charge is 0.166 e. The minimum atomic E-state index is -0.698. The molecule has 0 amide bonds. The first-order valence-corrected chi connectivity index (χ1v) is 12.1. The Kier molecular flexibility index (Phi) is 8.48. The van der Waals surface area contributed by atoms with Gasteiger partial charge in [0.25, 0.3) is 0 Å². The van der Waals surface area contributed by atoms with E-state index in [0.29, 0.717) is 17.0 Å². The Labute approximate surface area is 182 Å². The summed E-state index contributed by atoms with van der Waals surface area (Å²) in [6, 6.07) is 11.5. The van der Waals surface area contributed by atoms with Crippen LogP contribution in [0.15, 0.2) is 36.4 Å². The Morgan fingerprint density at radius 1 is 0.833 bits per heavy atom. The van der Waals surface area contributed by atoms with E-state index in [9.17, 15) is 4.39 Å². The molecule has 1 unspecified atom stereocenters. The molecular weight excluding hydrogens is 374 g/mol. The minimum absolute atomic E-state index is 0.0667. The van der Waals surface area contributed by atoms with E-state index in [1.807, 2.05) is 30.3 Å². The third kappa shape index (κ3) is 5.50. The summed E-state index contributed by atoms with van der Waals surface area (Å²) in [5.74, 6) is 0.00996. The fraction of sp³-hybridized carbons (Fsp3) is 0.571. The first kappa shape index (κ1) is 23.0. The molecule has 2 aromatic carbocycles. The van der Waals surface area contributed by atoms with Gasteiger partial charge in [0.05, 0.1) is 0 Å². The van der Waals surface area contributed by atoms with Gasteiger partial charge in [-0.1, -0.05) is 102 Å². The van der Waals surface area contributed by atoms with E-state index < -0.39 is 11.6 Å². The van der Waals surface area contributed by atoms with Crippen LogP contribution in [0.2, 0.25) is 0 Å². The van der Waals surface area contributed by atoms with Gasteiger partial charge in [-0.25, -0.2) is 8.78 Å². The van der Waals surface area contributed by atoms with E-state index in [1.54, 1.807) is 6.07 Å². The highest BCUT2D eigenvalue weighted by molar-refractivity contribution is 5.65. The van der Waals surface area contributed by atoms with Crippen LogP contribution in [-0.4, -0.2) is 0 Å². The van der Waals surface area contributed by atoms with Crippen molar-refractivity contribution >= 4 is 0 Å². The first-order valence-electron chi connectivity index (χ1n) is 12.1. The molecule has 0 bridgehead atoms. The molecule has 0 spiro atoms. The lowest BCUT2D eigenvalue weighted by atomic mass is 9.73. The first-order chi connectivity index (χ1) is 14.5. The maximum atomic E-state index is 15.1. The summed E-state index contributed by atoms with van der Waals surface area (Å²) in [4.78, 5) is 0. The normalized spacial score (nSPS) is 20.3. The van der Waals surface area contributed by atoms with Crippen LogP contribution in [0, 0.1) is 23.5 Å². The summed E-state index contributed by atoms with van der Waals surface area (Å²) in [5.41, 5.74) is 2.90. The zero-order valence-corrected chi connectivity index (χ0v) is 19.0. The molecule has 0 heterocycles. The van der Waals surface area contributed by atoms with Crippen molar-refractivity contribution in [3.63, 3.8) is 0 Å². The summed E-state index contributed by atoms with van der Waals surface area (Å²) in [5, 5.41) is 0. The summed E-state index contributed by atoms with van der Waals surface area (Å²) in [6.07, 6.45) is 12.1. The lowest BCUT2D eigenvalue weighted by Gasteiger charge is -2.33. The van der Waals surface area contributed by atoms with Crippen molar-refractivity contribution in [1.82, 2.24) is 0 Å². The molecule has 164 valence electrons. The molecule has 3 rings (SSSR count). The second-order valence-electron chi connectivity index (χ2n) is 9.34. The van der Waals surface area contributed by atoms with Crippen molar-refractivity contribution in [1.29, 1.82) is 0 Å². The number of unbranched alkanes of at least 4 members (excludes halogenated alkanes) is 2. The quantitative estimate of drug-likeness (QED) is 0.360. The van der Waals surface area contributed by atoms with Gasteiger partial charge in [0.2, 0.25) is 0 Å². The zero-order valence-electron chi connectivity index (χ0n) is 19.0. The molecule has 0 radical (unpaired) electrons. The monoisotopic (exact) mass is 412 g/mol. The van der Waals surface area contributed by atoms with Gasteiger partial charge >= 0.3 is 0 Å². The Hall–Kier alpha value is -1.70. The average Bonchev–Trinajstić information content (AvgIpc) is 2.77. The van der Waals surface area contributed by atoms with Crippen molar-refractivity contribution < 1.29 is 8.78 Å². The largest absolute Gasteiger partial charge is 0.203 e. The van der Waals surface area contributed by atoms with Gasteiger partial charge < -0.3 is 0 Å². The van der Waals surface area contributed by atoms with Gasteiger partial charge in [-0.2, -0.15) is 0 Å². The lowest BCUT2D eigenvalue weighted by molar-refractivity contribution is 0.233. The van der Waals surface area contributed by atoms with Crippen LogP contribution in [0.5, 0.6) is 0 Å². The van der Waals surface area contributed by atoms with Crippen molar-refractivity contribution in [2.75, 3.05) is 0 Å². The topological polar surface area (TPSA) is 0 Å². The summed E-state index contributed by atoms with van der Waals surface area (Å²) in [6.45, 7) is 6.47. The molecule has 0 aliphatic heterocycles. The molecule has 0 nitrogen and oxygen atoms in total. The third-order valence-electron chi connectivity index (χ3n) is 7.22. The van der Waals surface area contributed by atoms with Crippen LogP contribution in [-0.2, 0) is 6.42 Å². The average molecular weight is 413 g/mol. The summed E-state index contributed by atoms with van der Waals surface area (Å²) >= 11 is 0. The van der Waals surface area contributed by atoms with Crippen LogP contribution < -0.4 is 0 Å². The van der Waals surface area contributed by atoms with E-state index in [0.717, 1.165) is 37.2 Å². The lowest BCUT2D eigenvalue weighted by Crippen LogP contribution is -2.20. The number of halogens is 2. The molecule has 1 aliphatic rings. The molecule has 0 aromatic heterocycles. The fourth-order valence-electron chi connectivity index (χ4n) is 5.19. The number of benzene rings is 2. The molecule has 0 N–H and O–H groups in total. The number of hydrogen-bond acceptors (Lipinski definition) is 0. The highest BCUT2D eigenvalue weighted by Gasteiger charge is 2.28. The van der Waals surface area contributed by atoms with Gasteiger partial charge in [0, 0.05) is 5.56 Å². The van der Waals surface area contributed by atoms with E-state index >= 15 is 4.39 Å². The molecular formula is C28H38F2. The molecule has 1 atom stereocenters. The van der Waals surface area contributed by atoms with Crippen molar-refractivity contribution in [3.05, 3.63) is 59.2 Å². The van der Waals surface area contributed by atoms with Gasteiger partial charge in [-0.15, -0.1) is 0 Å². The molecule has 2 aromatic rings. The number of rotatable bonds is 9. The van der Waals surface area contributed by atoms with Crippen LogP contribution in [0.1, 0.15) is 95.6 Å². The van der Waals surface area contributed by atoms with Crippen LogP contribution in [0.25, 0.3) is 11.1 Å². The second kappa shape index (κ2) is 11.1. The standard InChI is InChI=1S/C28H38F2/c1-4-6-7-9-22-10-14-23(15-11-22)20(3)25-18-19-26(28(30)27(25)29)24-16-12-21(8-5-2)13-17-24/h12-13,16-20,22-23H,4-11,14-15H2,1-3H3. The van der Waals surface area contributed by atoms with E-state index in [4.69, 9.17) is 0 Å². The van der Waals surface area contributed by atoms with Crippen molar-refractivity contribution in [2.24, 2.45) is 11.8 Å². The molecule has 1 aliphatic carbocycles. The Morgan fingerprint density at radius 3 is 2.17 bits per heavy atom. The van der Waals surface area contributed by atoms with Crippen molar-refractivity contribution in [3.8, 4) is 11.1 Å². The van der Waals surface area contributed by atoms with Gasteiger partial charge in [0.15, 0.2) is 11.6 Å². The summed E-state index contributed by atoms with van der Waals surface area (Å²) in [7, 11) is 0. The maximum absolute atomic E-state index is 15.1. The minimum Gasteiger partial charge on any atom is -0.203 e. The van der Waals surface area contributed by atoms with Gasteiger partial charge in [0.1, 0.15) is 0 Å². The Morgan fingerprint density at radius 2 is 1.53 bits per heavy atom. The van der Waals surface area contributed by atoms with Crippen LogP contribution >= 0.6 is 0 Å². The Balaban J connectivity index is 1.68. The maximum Gasteiger partial charge on any atom is 0.166 e. The summed E-state index contributed by atoms with van der Waals surface area (Å²) < 4.78 is 30.0. The predicted octanol–water partition coefficient (Wildman–Crippen LogP) is 9.07. The van der Waals surface area contributed by atoms with Crippen LogP contribution in [0.4, 0.5) is 8.78 Å². The van der Waals surface area contributed by atoms with E-state index in [-0.39, 0.29) is 5.92 Å². The van der Waals surface area contributed by atoms with Crippen molar-refractivity contribution in [2.45, 2.75) is 90.9 Å². The molecule has 0 saturated heterocycles. The van der Waals surface area contributed by atoms with E-state index in [2.05, 4.69) is 20.8 Å². The fourth-order valence-corrected chi connectivity index (χ4v) is 5.19. The number of hydrogen-bond donors (Lipinski definition) is 0. The molecule has 30 heavy (non-hydrogen) atoms. The third-order valence-corrected chi connectivity index (χ3v) is 7.22. The predicted molar refractivity (Wildman–Crippen MR) is 124 cm³/mol. The van der Waals surface area contributed by atoms with Crippen LogP contribution in [0.3, 0.4) is 0 Å². The highest BCUT2D eigenvalue weighted by Crippen LogP contribution is 2.41. The second-order valence-corrected chi connectivity index (χ2v) is 9.34. The molecule has 2 heteroatoms. The van der Waals surface area contributed by atoms with E-state index in [1.165, 1.54) is 44.1 Å². The Bertz CT molecular complexity index is 785. The highest BCUT2D eigenvalue weighted by atomic mass is 19.2. The van der Waals surface area contributed by atoms with Gasteiger partial charge in [-0.05, 0) is 53.7 Å². The molecule has 1 saturated carbocycles. The zero-order chi connectivity index (χ0) is 21.5.